The average Bonchev–Trinajstić information content (AvgIpc) is 3.62. The van der Waals surface area contributed by atoms with Crippen LogP contribution in [0.1, 0.15) is 56.0 Å². The van der Waals surface area contributed by atoms with E-state index in [1.54, 1.807) is 24.4 Å². The lowest BCUT2D eigenvalue weighted by Gasteiger charge is -2.35. The van der Waals surface area contributed by atoms with Gasteiger partial charge in [0.1, 0.15) is 9.96 Å². The molecule has 4 rings (SSSR count). The molecule has 0 bridgehead atoms. The highest BCUT2D eigenvalue weighted by Gasteiger charge is 2.32. The zero-order chi connectivity index (χ0) is 36.6. The summed E-state index contributed by atoms with van der Waals surface area (Å²) in [5.74, 6) is -0.600. The van der Waals surface area contributed by atoms with Gasteiger partial charge in [0.05, 0.1) is 36.0 Å². The van der Waals surface area contributed by atoms with Crippen molar-refractivity contribution in [2.45, 2.75) is 68.7 Å². The van der Waals surface area contributed by atoms with Crippen LogP contribution in [0.25, 0.3) is 0 Å². The fraction of sp³-hybridized carbons (Fsp3) is 0.471. The molecular formula is C34H43F3N4O7S2. The number of amides is 3. The molecule has 0 radical (unpaired) electrons. The Labute approximate surface area is 294 Å². The third kappa shape index (κ3) is 10.3. The van der Waals surface area contributed by atoms with Crippen LogP contribution in [-0.4, -0.2) is 86.9 Å². The number of nitrogens with zero attached hydrogens (tertiary/aromatic N) is 2. The van der Waals surface area contributed by atoms with Crippen molar-refractivity contribution in [2.24, 2.45) is 5.92 Å². The first-order valence-corrected chi connectivity index (χ1v) is 18.5. The van der Waals surface area contributed by atoms with Crippen LogP contribution in [0.4, 0.5) is 29.3 Å². The van der Waals surface area contributed by atoms with Crippen molar-refractivity contribution in [2.75, 3.05) is 43.4 Å². The van der Waals surface area contributed by atoms with Gasteiger partial charge in [-0.15, -0.1) is 11.3 Å². The molecule has 50 heavy (non-hydrogen) atoms. The number of rotatable bonds is 8. The molecule has 274 valence electrons. The van der Waals surface area contributed by atoms with Gasteiger partial charge >= 0.3 is 12.2 Å². The Hall–Kier alpha value is -3.86. The molecule has 3 amide bonds. The van der Waals surface area contributed by atoms with Crippen LogP contribution in [0.5, 0.6) is 5.75 Å². The largest absolute Gasteiger partial charge is 0.490 e. The predicted molar refractivity (Wildman–Crippen MR) is 185 cm³/mol. The van der Waals surface area contributed by atoms with E-state index in [1.165, 1.54) is 47.2 Å². The Morgan fingerprint density at radius 3 is 2.46 bits per heavy atom. The number of alkyl halides is 3. The summed E-state index contributed by atoms with van der Waals surface area (Å²) < 4.78 is 80.0. The number of benzene rings is 2. The van der Waals surface area contributed by atoms with E-state index < -0.39 is 45.8 Å². The van der Waals surface area contributed by atoms with Gasteiger partial charge in [-0.25, -0.2) is 13.2 Å². The van der Waals surface area contributed by atoms with E-state index in [0.717, 1.165) is 29.9 Å². The number of ether oxygens (including phenoxy) is 2. The molecule has 0 saturated heterocycles. The molecule has 3 aromatic rings. The molecule has 4 atom stereocenters. The molecule has 2 heterocycles. The number of carbonyl (C=O) groups excluding carboxylic acids is 2. The van der Waals surface area contributed by atoms with E-state index >= 15 is 0 Å². The van der Waals surface area contributed by atoms with E-state index in [0.29, 0.717) is 19.4 Å². The SMILES string of the molecule is C[C@@H]1CCCCO[C@H](CN(C)C(=O)Nc2ccc(C(F)(F)F)cc2)[C@H](C)CN([C@H](C)CO)C(=O)c2cc(NS(=O)(=O)c3cccs3)ccc2O1. The molecule has 16 heteroatoms. The van der Waals surface area contributed by atoms with Crippen LogP contribution in [0, 0.1) is 5.92 Å². The van der Waals surface area contributed by atoms with E-state index in [2.05, 4.69) is 10.0 Å². The van der Waals surface area contributed by atoms with Gasteiger partial charge < -0.3 is 29.7 Å². The van der Waals surface area contributed by atoms with Crippen molar-refractivity contribution in [3.8, 4) is 5.75 Å². The minimum absolute atomic E-state index is 0.0912. The third-order valence-corrected chi connectivity index (χ3v) is 11.1. The van der Waals surface area contributed by atoms with Crippen molar-refractivity contribution in [1.82, 2.24) is 9.80 Å². The Morgan fingerprint density at radius 1 is 1.12 bits per heavy atom. The van der Waals surface area contributed by atoms with Crippen molar-refractivity contribution < 1.29 is 45.8 Å². The number of hydrogen-bond acceptors (Lipinski definition) is 8. The normalized spacial score (nSPS) is 20.2. The molecule has 0 fully saturated rings. The number of sulfonamides is 1. The molecule has 3 N–H and O–H groups in total. The topological polar surface area (TPSA) is 138 Å². The lowest BCUT2D eigenvalue weighted by Crippen LogP contribution is -2.48. The minimum atomic E-state index is -4.50. The lowest BCUT2D eigenvalue weighted by molar-refractivity contribution is -0.137. The predicted octanol–water partition coefficient (Wildman–Crippen LogP) is 6.53. The maximum atomic E-state index is 14.3. The van der Waals surface area contributed by atoms with Crippen LogP contribution in [0.3, 0.4) is 0 Å². The number of halogens is 3. The Bertz CT molecular complexity index is 1690. The number of carbonyl (C=O) groups is 2. The van der Waals surface area contributed by atoms with Crippen LogP contribution in [-0.2, 0) is 20.9 Å². The molecule has 1 aliphatic rings. The molecule has 0 saturated carbocycles. The fourth-order valence-corrected chi connectivity index (χ4v) is 7.43. The molecule has 2 aromatic carbocycles. The van der Waals surface area contributed by atoms with Crippen molar-refractivity contribution in [3.05, 3.63) is 71.1 Å². The number of fused-ring (bicyclic) bond motifs is 1. The average molecular weight is 741 g/mol. The number of likely N-dealkylation sites (N-methyl/N-ethyl adjacent to an activating group) is 1. The summed E-state index contributed by atoms with van der Waals surface area (Å²) in [5, 5.41) is 14.4. The molecule has 1 aromatic heterocycles. The molecule has 0 spiro atoms. The summed E-state index contributed by atoms with van der Waals surface area (Å²) >= 11 is 1.06. The first kappa shape index (κ1) is 38.9. The molecule has 1 aliphatic heterocycles. The first-order valence-electron chi connectivity index (χ1n) is 16.2. The minimum Gasteiger partial charge on any atom is -0.490 e. The second-order valence-electron chi connectivity index (χ2n) is 12.4. The third-order valence-electron chi connectivity index (χ3n) is 8.33. The summed E-state index contributed by atoms with van der Waals surface area (Å²) in [6.07, 6.45) is -3.31. The highest BCUT2D eigenvalue weighted by molar-refractivity contribution is 7.94. The monoisotopic (exact) mass is 740 g/mol. The van der Waals surface area contributed by atoms with Crippen LogP contribution < -0.4 is 14.8 Å². The summed E-state index contributed by atoms with van der Waals surface area (Å²) in [5.41, 5.74) is -0.371. The number of nitrogens with one attached hydrogen (secondary N) is 2. The number of aliphatic hydroxyl groups excluding tert-OH is 1. The zero-order valence-electron chi connectivity index (χ0n) is 28.3. The second kappa shape index (κ2) is 16.9. The maximum absolute atomic E-state index is 14.3. The highest BCUT2D eigenvalue weighted by atomic mass is 32.2. The van der Waals surface area contributed by atoms with Gasteiger partial charge in [0.2, 0.25) is 0 Å². The van der Waals surface area contributed by atoms with Gasteiger partial charge in [-0.1, -0.05) is 13.0 Å². The number of aliphatic hydroxyl groups is 1. The summed E-state index contributed by atoms with van der Waals surface area (Å²) in [4.78, 5) is 30.2. The van der Waals surface area contributed by atoms with E-state index in [4.69, 9.17) is 9.47 Å². The summed E-state index contributed by atoms with van der Waals surface area (Å²) in [7, 11) is -2.37. The molecule has 11 nitrogen and oxygen atoms in total. The van der Waals surface area contributed by atoms with Gasteiger partial charge in [-0.05, 0) is 87.0 Å². The van der Waals surface area contributed by atoms with Crippen LogP contribution in [0.2, 0.25) is 0 Å². The van der Waals surface area contributed by atoms with Crippen molar-refractivity contribution in [1.29, 1.82) is 0 Å². The molecule has 0 aliphatic carbocycles. The van der Waals surface area contributed by atoms with E-state index in [1.807, 2.05) is 13.8 Å². The lowest BCUT2D eigenvalue weighted by atomic mass is 10.0. The molecular weight excluding hydrogens is 698 g/mol. The van der Waals surface area contributed by atoms with Gasteiger partial charge in [0.15, 0.2) is 0 Å². The Morgan fingerprint density at radius 2 is 1.82 bits per heavy atom. The standard InChI is InChI=1S/C34H43F3N4O7S2/c1-22-19-41(23(2)21-42)32(43)28-18-27(39-50(45,46)31-9-7-17-49-31)14-15-29(28)48-24(3)8-5-6-16-47-30(22)20-40(4)33(44)38-26-12-10-25(11-13-26)34(35,36)37/h7,9-15,17-18,22-24,30,39,42H,5-6,8,16,19-21H2,1-4H3,(H,38,44)/t22-,23-,24-,30-/m1/s1. The number of thiophene rings is 1. The van der Waals surface area contributed by atoms with Crippen molar-refractivity contribution in [3.63, 3.8) is 0 Å². The number of anilines is 2. The smallest absolute Gasteiger partial charge is 0.416 e. The Kier molecular flexibility index (Phi) is 13.2. The maximum Gasteiger partial charge on any atom is 0.416 e. The van der Waals surface area contributed by atoms with Crippen LogP contribution in [0.15, 0.2) is 64.2 Å². The van der Waals surface area contributed by atoms with Crippen LogP contribution >= 0.6 is 11.3 Å². The van der Waals surface area contributed by atoms with Gasteiger partial charge in [-0.2, -0.15) is 13.2 Å². The Balaban J connectivity index is 1.58. The fourth-order valence-electron chi connectivity index (χ4n) is 5.38. The first-order chi connectivity index (χ1) is 23.6. The van der Waals surface area contributed by atoms with E-state index in [-0.39, 0.29) is 58.6 Å². The zero-order valence-corrected chi connectivity index (χ0v) is 29.9. The van der Waals surface area contributed by atoms with Crippen molar-refractivity contribution >= 4 is 44.7 Å². The summed E-state index contributed by atoms with van der Waals surface area (Å²) in [6, 6.07) is 10.5. The number of urea groups is 1. The van der Waals surface area contributed by atoms with Gasteiger partial charge in [0, 0.05) is 44.0 Å². The second-order valence-corrected chi connectivity index (χ2v) is 15.3. The quantitative estimate of drug-likeness (QED) is 0.239. The van der Waals surface area contributed by atoms with E-state index in [9.17, 15) is 36.3 Å². The highest BCUT2D eigenvalue weighted by Crippen LogP contribution is 2.31. The van der Waals surface area contributed by atoms with Gasteiger partial charge in [-0.3, -0.25) is 9.52 Å². The summed E-state index contributed by atoms with van der Waals surface area (Å²) in [6.45, 7) is 5.60. The van der Waals surface area contributed by atoms with Gasteiger partial charge in [0.25, 0.3) is 15.9 Å². The number of hydrogen-bond donors (Lipinski definition) is 3. The molecule has 0 unspecified atom stereocenters.